The third-order valence-corrected chi connectivity index (χ3v) is 5.97. The first-order chi connectivity index (χ1) is 13.1. The normalized spacial score (nSPS) is 19.4. The van der Waals surface area contributed by atoms with E-state index < -0.39 is 0 Å². The van der Waals surface area contributed by atoms with Crippen LogP contribution in [0.25, 0.3) is 0 Å². The summed E-state index contributed by atoms with van der Waals surface area (Å²) in [7, 11) is 0. The maximum absolute atomic E-state index is 12.4. The Morgan fingerprint density at radius 1 is 1.19 bits per heavy atom. The number of rotatable bonds is 7. The lowest BCUT2D eigenvalue weighted by atomic mass is 10.1. The Morgan fingerprint density at radius 2 is 2.00 bits per heavy atom. The predicted octanol–water partition coefficient (Wildman–Crippen LogP) is 3.43. The monoisotopic (exact) mass is 401 g/mol. The summed E-state index contributed by atoms with van der Waals surface area (Å²) in [5.74, 6) is 0.674. The van der Waals surface area contributed by atoms with Gasteiger partial charge in [0.15, 0.2) is 0 Å². The molecule has 2 aromatic rings. The second kappa shape index (κ2) is 9.82. The van der Waals surface area contributed by atoms with Crippen molar-refractivity contribution in [2.75, 3.05) is 11.6 Å². The highest BCUT2D eigenvalue weighted by Crippen LogP contribution is 2.21. The molecule has 0 aromatic heterocycles. The van der Waals surface area contributed by atoms with Gasteiger partial charge in [0.25, 0.3) is 0 Å². The molecule has 1 aliphatic rings. The molecular formula is C20H23N3O2S2. The second-order valence-corrected chi connectivity index (χ2v) is 8.27. The van der Waals surface area contributed by atoms with Gasteiger partial charge in [0, 0.05) is 35.2 Å². The molecule has 27 heavy (non-hydrogen) atoms. The van der Waals surface area contributed by atoms with Crippen LogP contribution < -0.4 is 16.0 Å². The van der Waals surface area contributed by atoms with Crippen LogP contribution in [0.15, 0.2) is 59.5 Å². The van der Waals surface area contributed by atoms with Crippen LogP contribution in [0, 0.1) is 0 Å². The quantitative estimate of drug-likeness (QED) is 0.620. The van der Waals surface area contributed by atoms with Crippen molar-refractivity contribution in [1.82, 2.24) is 10.6 Å². The molecule has 0 saturated carbocycles. The van der Waals surface area contributed by atoms with Crippen molar-refractivity contribution in [2.24, 2.45) is 0 Å². The zero-order valence-corrected chi connectivity index (χ0v) is 16.7. The van der Waals surface area contributed by atoms with Crippen molar-refractivity contribution >= 4 is 41.0 Å². The van der Waals surface area contributed by atoms with Crippen molar-refractivity contribution in [3.63, 3.8) is 0 Å². The van der Waals surface area contributed by atoms with E-state index in [9.17, 15) is 9.59 Å². The average molecular weight is 402 g/mol. The van der Waals surface area contributed by atoms with Crippen LogP contribution in [0.3, 0.4) is 0 Å². The zero-order chi connectivity index (χ0) is 19.1. The van der Waals surface area contributed by atoms with Gasteiger partial charge in [-0.2, -0.15) is 0 Å². The minimum Gasteiger partial charge on any atom is -0.332 e. The Hall–Kier alpha value is -1.96. The van der Waals surface area contributed by atoms with E-state index in [4.69, 9.17) is 0 Å². The Labute approximate surface area is 168 Å². The summed E-state index contributed by atoms with van der Waals surface area (Å²) in [5.41, 5.74) is 1.79. The summed E-state index contributed by atoms with van der Waals surface area (Å²) < 4.78 is 0. The molecule has 142 valence electrons. The fourth-order valence-electron chi connectivity index (χ4n) is 2.85. The number of thioether (sulfide) groups is 2. The van der Waals surface area contributed by atoms with E-state index in [1.165, 1.54) is 5.56 Å². The molecule has 0 bridgehead atoms. The molecule has 1 saturated heterocycles. The molecule has 1 aliphatic heterocycles. The molecule has 2 amide bonds. The van der Waals surface area contributed by atoms with Crippen LogP contribution in [0.1, 0.15) is 18.4 Å². The largest absolute Gasteiger partial charge is 0.332 e. The number of carbonyl (C=O) groups is 2. The van der Waals surface area contributed by atoms with Crippen molar-refractivity contribution in [3.8, 4) is 0 Å². The summed E-state index contributed by atoms with van der Waals surface area (Å²) in [6.07, 6.45) is 2.57. The molecule has 0 spiro atoms. The number of amides is 2. The first-order valence-corrected chi connectivity index (χ1v) is 11.0. The van der Waals surface area contributed by atoms with Crippen LogP contribution >= 0.6 is 23.5 Å². The molecule has 7 heteroatoms. The van der Waals surface area contributed by atoms with Crippen molar-refractivity contribution in [1.29, 1.82) is 0 Å². The van der Waals surface area contributed by atoms with Gasteiger partial charge >= 0.3 is 0 Å². The highest BCUT2D eigenvalue weighted by Gasteiger charge is 2.27. The van der Waals surface area contributed by atoms with Gasteiger partial charge in [0.1, 0.15) is 5.50 Å². The first kappa shape index (κ1) is 19.8. The minimum absolute atomic E-state index is 0.0264. The number of anilines is 1. The van der Waals surface area contributed by atoms with Gasteiger partial charge in [-0.3, -0.25) is 14.9 Å². The molecule has 5 nitrogen and oxygen atoms in total. The van der Waals surface area contributed by atoms with Gasteiger partial charge in [-0.05, 0) is 30.0 Å². The molecule has 2 unspecified atom stereocenters. The van der Waals surface area contributed by atoms with Gasteiger partial charge in [-0.1, -0.05) is 36.4 Å². The number of nitrogens with one attached hydrogen (secondary N) is 3. The van der Waals surface area contributed by atoms with Crippen molar-refractivity contribution in [2.45, 2.75) is 35.0 Å². The molecule has 1 heterocycles. The van der Waals surface area contributed by atoms with Gasteiger partial charge in [0.05, 0.1) is 0 Å². The van der Waals surface area contributed by atoms with E-state index in [0.29, 0.717) is 6.42 Å². The molecule has 0 aliphatic carbocycles. The third-order valence-electron chi connectivity index (χ3n) is 4.16. The second-order valence-electron chi connectivity index (χ2n) is 6.30. The number of hydrogen-bond acceptors (Lipinski definition) is 5. The van der Waals surface area contributed by atoms with E-state index in [2.05, 4.69) is 28.1 Å². The molecule has 2 aromatic carbocycles. The van der Waals surface area contributed by atoms with E-state index in [0.717, 1.165) is 16.3 Å². The Morgan fingerprint density at radius 3 is 2.78 bits per heavy atom. The van der Waals surface area contributed by atoms with Gasteiger partial charge in [-0.25, -0.2) is 0 Å². The third kappa shape index (κ3) is 6.30. The van der Waals surface area contributed by atoms with Gasteiger partial charge in [-0.15, -0.1) is 23.5 Å². The number of carbonyl (C=O) groups excluding carboxylic acids is 2. The van der Waals surface area contributed by atoms with E-state index in [-0.39, 0.29) is 29.8 Å². The van der Waals surface area contributed by atoms with Crippen LogP contribution in [0.5, 0.6) is 0 Å². The highest BCUT2D eigenvalue weighted by atomic mass is 32.2. The smallest absolute Gasteiger partial charge is 0.225 e. The van der Waals surface area contributed by atoms with Crippen LogP contribution in [-0.2, 0) is 15.3 Å². The first-order valence-electron chi connectivity index (χ1n) is 8.77. The lowest BCUT2D eigenvalue weighted by Crippen LogP contribution is -2.55. The SMILES string of the molecule is CSc1cccc(NC(=O)CC2CC(=O)NC(SCc3ccccc3)N2)c1. The van der Waals surface area contributed by atoms with E-state index in [1.54, 1.807) is 23.5 Å². The topological polar surface area (TPSA) is 70.2 Å². The molecule has 3 rings (SSSR count). The Bertz CT molecular complexity index is 786. The fourth-order valence-corrected chi connectivity index (χ4v) is 4.37. The number of hydrogen-bond donors (Lipinski definition) is 3. The lowest BCUT2D eigenvalue weighted by molar-refractivity contribution is -0.124. The molecule has 0 radical (unpaired) electrons. The summed E-state index contributed by atoms with van der Waals surface area (Å²) >= 11 is 3.25. The summed E-state index contributed by atoms with van der Waals surface area (Å²) in [6.45, 7) is 0. The molecule has 3 N–H and O–H groups in total. The Balaban J connectivity index is 1.51. The van der Waals surface area contributed by atoms with Crippen molar-refractivity contribution in [3.05, 3.63) is 60.2 Å². The molecule has 2 atom stereocenters. The lowest BCUT2D eigenvalue weighted by Gasteiger charge is -2.31. The van der Waals surface area contributed by atoms with Gasteiger partial charge in [0.2, 0.25) is 11.8 Å². The number of benzene rings is 2. The van der Waals surface area contributed by atoms with E-state index in [1.807, 2.05) is 48.7 Å². The van der Waals surface area contributed by atoms with Crippen LogP contribution in [-0.4, -0.2) is 29.6 Å². The van der Waals surface area contributed by atoms with Gasteiger partial charge < -0.3 is 10.6 Å². The Kier molecular flexibility index (Phi) is 7.20. The zero-order valence-electron chi connectivity index (χ0n) is 15.1. The van der Waals surface area contributed by atoms with E-state index >= 15 is 0 Å². The average Bonchev–Trinajstić information content (AvgIpc) is 2.67. The summed E-state index contributed by atoms with van der Waals surface area (Å²) in [5, 5.41) is 9.21. The minimum atomic E-state index is -0.191. The summed E-state index contributed by atoms with van der Waals surface area (Å²) in [4.78, 5) is 25.5. The summed E-state index contributed by atoms with van der Waals surface area (Å²) in [6, 6.07) is 17.7. The van der Waals surface area contributed by atoms with Crippen molar-refractivity contribution < 1.29 is 9.59 Å². The fraction of sp³-hybridized carbons (Fsp3) is 0.300. The maximum atomic E-state index is 12.4. The molecular weight excluding hydrogens is 378 g/mol. The predicted molar refractivity (Wildman–Crippen MR) is 113 cm³/mol. The van der Waals surface area contributed by atoms with Crippen LogP contribution in [0.2, 0.25) is 0 Å². The standard InChI is InChI=1S/C20H23N3O2S2/c1-26-17-9-5-8-15(10-17)21-18(24)11-16-12-19(25)23-20(22-16)27-13-14-6-3-2-4-7-14/h2-10,16,20,22H,11-13H2,1H3,(H,21,24)(H,23,25). The molecule has 1 fully saturated rings. The highest BCUT2D eigenvalue weighted by molar-refractivity contribution is 7.99. The van der Waals surface area contributed by atoms with Crippen LogP contribution in [0.4, 0.5) is 5.69 Å². The maximum Gasteiger partial charge on any atom is 0.225 e.